The standard InChI is InChI=1S/C24H22F3N5O5S/c1-13-19(33)20(34)23(37-13)32-11-17(14-5-3-2-4-6-14)18-21(28-12-29-22(18)32)30-15-7-9-16(10-8-15)31-38(35,36)24(25,26)27/h2-13,19-20,23,31,33-34H,1H3,(H,28,29,30)/t13-,19-,20-,23-/m1/s1. The summed E-state index contributed by atoms with van der Waals surface area (Å²) in [5, 5.41) is 24.5. The van der Waals surface area contributed by atoms with Crippen molar-refractivity contribution in [2.45, 2.75) is 37.0 Å². The Labute approximate surface area is 214 Å². The number of aromatic nitrogens is 3. The Balaban J connectivity index is 1.54. The molecule has 4 aromatic rings. The first-order valence-corrected chi connectivity index (χ1v) is 12.8. The summed E-state index contributed by atoms with van der Waals surface area (Å²) >= 11 is 0. The second-order valence-electron chi connectivity index (χ2n) is 8.70. The quantitative estimate of drug-likeness (QED) is 0.285. The average Bonchev–Trinajstić information content (AvgIpc) is 3.38. The van der Waals surface area contributed by atoms with E-state index >= 15 is 0 Å². The number of hydrogen-bond acceptors (Lipinski definition) is 8. The molecule has 0 radical (unpaired) electrons. The molecule has 0 unspecified atom stereocenters. The molecule has 0 spiro atoms. The minimum absolute atomic E-state index is 0.267. The molecule has 1 aliphatic rings. The minimum atomic E-state index is -5.55. The highest BCUT2D eigenvalue weighted by atomic mass is 32.2. The zero-order chi connectivity index (χ0) is 27.2. The Morgan fingerprint density at radius 2 is 1.63 bits per heavy atom. The molecule has 14 heteroatoms. The van der Waals surface area contributed by atoms with Gasteiger partial charge in [0.2, 0.25) is 0 Å². The fourth-order valence-electron chi connectivity index (χ4n) is 4.24. The number of fused-ring (bicyclic) bond motifs is 1. The second kappa shape index (κ2) is 9.54. The van der Waals surface area contributed by atoms with Crippen molar-refractivity contribution in [1.29, 1.82) is 0 Å². The Morgan fingerprint density at radius 1 is 0.974 bits per heavy atom. The summed E-state index contributed by atoms with van der Waals surface area (Å²) in [7, 11) is -5.55. The molecule has 0 bridgehead atoms. The summed E-state index contributed by atoms with van der Waals surface area (Å²) in [5.41, 5.74) is -3.39. The van der Waals surface area contributed by atoms with Crippen LogP contribution in [0.1, 0.15) is 13.2 Å². The largest absolute Gasteiger partial charge is 0.516 e. The Kier molecular flexibility index (Phi) is 6.51. The van der Waals surface area contributed by atoms with E-state index in [2.05, 4.69) is 15.3 Å². The predicted octanol–water partition coefficient (Wildman–Crippen LogP) is 3.74. The van der Waals surface area contributed by atoms with Crippen LogP contribution in [0, 0.1) is 0 Å². The van der Waals surface area contributed by atoms with Gasteiger partial charge in [-0.2, -0.15) is 21.6 Å². The number of hydrogen-bond donors (Lipinski definition) is 4. The molecule has 1 aliphatic heterocycles. The van der Waals surface area contributed by atoms with E-state index in [9.17, 15) is 31.8 Å². The lowest BCUT2D eigenvalue weighted by Crippen LogP contribution is -2.30. The van der Waals surface area contributed by atoms with E-state index in [0.717, 1.165) is 5.56 Å². The number of halogens is 3. The molecule has 1 saturated heterocycles. The van der Waals surface area contributed by atoms with Crippen molar-refractivity contribution < 1.29 is 36.5 Å². The number of nitrogens with zero attached hydrogens (tertiary/aromatic N) is 3. The SMILES string of the molecule is C[C@H]1O[C@@H](n2cc(-c3ccccc3)c3c(Nc4ccc(NS(=O)(=O)C(F)(F)F)cc4)ncnc32)[C@H](O)[C@@H]1O. The van der Waals surface area contributed by atoms with E-state index in [1.807, 2.05) is 30.3 Å². The zero-order valence-electron chi connectivity index (χ0n) is 19.7. The van der Waals surface area contributed by atoms with Crippen LogP contribution in [-0.2, 0) is 14.8 Å². The normalized spacial score (nSPS) is 22.1. The molecular formula is C24H22F3N5O5S. The van der Waals surface area contributed by atoms with Crippen LogP contribution in [0.2, 0.25) is 0 Å². The van der Waals surface area contributed by atoms with Gasteiger partial charge in [-0.15, -0.1) is 0 Å². The molecule has 2 aromatic heterocycles. The number of aliphatic hydroxyl groups is 2. The van der Waals surface area contributed by atoms with Crippen molar-refractivity contribution in [3.63, 3.8) is 0 Å². The molecule has 0 aliphatic carbocycles. The molecule has 0 amide bonds. The molecule has 0 saturated carbocycles. The van der Waals surface area contributed by atoms with Gasteiger partial charge in [0.05, 0.1) is 11.5 Å². The summed E-state index contributed by atoms with van der Waals surface area (Å²) in [6, 6.07) is 14.5. The maximum absolute atomic E-state index is 12.7. The third-order valence-electron chi connectivity index (χ3n) is 6.15. The fourth-order valence-corrected chi connectivity index (χ4v) is 4.80. The Morgan fingerprint density at radius 3 is 2.24 bits per heavy atom. The third-order valence-corrected chi connectivity index (χ3v) is 7.26. The molecule has 10 nitrogen and oxygen atoms in total. The van der Waals surface area contributed by atoms with Crippen LogP contribution in [0.25, 0.3) is 22.2 Å². The summed E-state index contributed by atoms with van der Waals surface area (Å²) < 4.78 is 69.7. The van der Waals surface area contributed by atoms with Gasteiger partial charge in [0.25, 0.3) is 0 Å². The van der Waals surface area contributed by atoms with E-state index < -0.39 is 40.1 Å². The van der Waals surface area contributed by atoms with Gasteiger partial charge in [-0.05, 0) is 36.8 Å². The van der Waals surface area contributed by atoms with Gasteiger partial charge in [0.15, 0.2) is 6.23 Å². The third kappa shape index (κ3) is 4.67. The lowest BCUT2D eigenvalue weighted by atomic mass is 10.1. The molecule has 5 rings (SSSR count). The first-order chi connectivity index (χ1) is 18.0. The first-order valence-electron chi connectivity index (χ1n) is 11.3. The molecule has 200 valence electrons. The van der Waals surface area contributed by atoms with E-state index in [4.69, 9.17) is 4.74 Å². The highest BCUT2D eigenvalue weighted by Gasteiger charge is 2.46. The lowest BCUT2D eigenvalue weighted by molar-refractivity contribution is -0.0429. The Hall–Kier alpha value is -3.72. The van der Waals surface area contributed by atoms with Crippen LogP contribution >= 0.6 is 0 Å². The highest BCUT2D eigenvalue weighted by Crippen LogP contribution is 2.39. The van der Waals surface area contributed by atoms with Crippen LogP contribution < -0.4 is 10.0 Å². The van der Waals surface area contributed by atoms with E-state index in [1.54, 1.807) is 17.7 Å². The zero-order valence-corrected chi connectivity index (χ0v) is 20.5. The number of sulfonamides is 1. The van der Waals surface area contributed by atoms with Crippen molar-refractivity contribution in [3.05, 3.63) is 67.1 Å². The maximum Gasteiger partial charge on any atom is 0.516 e. The van der Waals surface area contributed by atoms with Crippen molar-refractivity contribution in [3.8, 4) is 11.1 Å². The molecule has 38 heavy (non-hydrogen) atoms. The van der Waals surface area contributed by atoms with E-state index in [0.29, 0.717) is 28.1 Å². The highest BCUT2D eigenvalue weighted by molar-refractivity contribution is 7.93. The van der Waals surface area contributed by atoms with Gasteiger partial charge >= 0.3 is 15.5 Å². The number of aliphatic hydroxyl groups excluding tert-OH is 2. The van der Waals surface area contributed by atoms with Crippen LogP contribution in [0.3, 0.4) is 0 Å². The monoisotopic (exact) mass is 549 g/mol. The van der Waals surface area contributed by atoms with Crippen molar-refractivity contribution >= 4 is 38.2 Å². The smallest absolute Gasteiger partial charge is 0.388 e. The van der Waals surface area contributed by atoms with Crippen molar-refractivity contribution in [2.24, 2.45) is 0 Å². The van der Waals surface area contributed by atoms with Crippen LogP contribution in [0.15, 0.2) is 67.1 Å². The van der Waals surface area contributed by atoms with Gasteiger partial charge in [-0.25, -0.2) is 9.97 Å². The van der Waals surface area contributed by atoms with Crippen LogP contribution in [0.5, 0.6) is 0 Å². The number of nitrogens with one attached hydrogen (secondary N) is 2. The lowest BCUT2D eigenvalue weighted by Gasteiger charge is -2.17. The van der Waals surface area contributed by atoms with Crippen molar-refractivity contribution in [2.75, 3.05) is 10.0 Å². The van der Waals surface area contributed by atoms with Crippen molar-refractivity contribution in [1.82, 2.24) is 14.5 Å². The molecule has 3 heterocycles. The van der Waals surface area contributed by atoms with Crippen LogP contribution in [-0.4, -0.2) is 57.0 Å². The predicted molar refractivity (Wildman–Crippen MR) is 133 cm³/mol. The van der Waals surface area contributed by atoms with Gasteiger partial charge < -0.3 is 24.8 Å². The molecule has 4 atom stereocenters. The number of rotatable bonds is 6. The number of anilines is 3. The average molecular weight is 550 g/mol. The summed E-state index contributed by atoms with van der Waals surface area (Å²) in [5.74, 6) is 0.345. The van der Waals surface area contributed by atoms with Gasteiger partial charge in [-0.1, -0.05) is 30.3 Å². The number of ether oxygens (including phenoxy) is 1. The second-order valence-corrected chi connectivity index (χ2v) is 10.4. The molecule has 2 aromatic carbocycles. The topological polar surface area (TPSA) is 139 Å². The Bertz CT molecular complexity index is 1560. The van der Waals surface area contributed by atoms with Gasteiger partial charge in [0, 0.05) is 23.1 Å². The van der Waals surface area contributed by atoms with E-state index in [-0.39, 0.29) is 5.69 Å². The number of alkyl halides is 3. The summed E-state index contributed by atoms with van der Waals surface area (Å²) in [6.07, 6.45) is -0.783. The molecule has 4 N–H and O–H groups in total. The van der Waals surface area contributed by atoms with Crippen LogP contribution in [0.4, 0.5) is 30.4 Å². The first kappa shape index (κ1) is 25.9. The fraction of sp³-hybridized carbons (Fsp3) is 0.250. The van der Waals surface area contributed by atoms with Gasteiger partial charge in [0.1, 0.15) is 30.0 Å². The number of benzene rings is 2. The minimum Gasteiger partial charge on any atom is -0.388 e. The van der Waals surface area contributed by atoms with E-state index in [1.165, 1.54) is 35.3 Å². The molecule has 1 fully saturated rings. The maximum atomic E-state index is 12.7. The summed E-state index contributed by atoms with van der Waals surface area (Å²) in [4.78, 5) is 8.73. The van der Waals surface area contributed by atoms with Gasteiger partial charge in [-0.3, -0.25) is 4.72 Å². The molecular weight excluding hydrogens is 527 g/mol. The summed E-state index contributed by atoms with van der Waals surface area (Å²) in [6.45, 7) is 1.65.